The molecule has 0 aliphatic carbocycles. The zero-order valence-corrected chi connectivity index (χ0v) is 12.5. The van der Waals surface area contributed by atoms with Gasteiger partial charge in [0.25, 0.3) is 5.91 Å². The van der Waals surface area contributed by atoms with Gasteiger partial charge in [0.15, 0.2) is 0 Å². The minimum absolute atomic E-state index is 0.225. The predicted molar refractivity (Wildman–Crippen MR) is 82.3 cm³/mol. The lowest BCUT2D eigenvalue weighted by Crippen LogP contribution is -2.31. The first kappa shape index (κ1) is 14.5. The molecule has 0 heterocycles. The largest absolute Gasteiger partial charge is 0.399 e. The van der Waals surface area contributed by atoms with E-state index in [1.54, 1.807) is 30.3 Å². The van der Waals surface area contributed by atoms with E-state index in [1.165, 1.54) is 17.0 Å². The maximum atomic E-state index is 13.3. The maximum Gasteiger partial charge on any atom is 0.259 e. The summed E-state index contributed by atoms with van der Waals surface area (Å²) in [7, 11) is 0. The molecule has 0 saturated heterocycles. The third-order valence-corrected chi connectivity index (χ3v) is 3.59. The summed E-state index contributed by atoms with van der Waals surface area (Å²) >= 11 is 3.34. The summed E-state index contributed by atoms with van der Waals surface area (Å²) in [4.78, 5) is 14.1. The summed E-state index contributed by atoms with van der Waals surface area (Å²) in [6.07, 6.45) is 0. The monoisotopic (exact) mass is 336 g/mol. The van der Waals surface area contributed by atoms with Crippen LogP contribution in [-0.2, 0) is 0 Å². The molecule has 2 rings (SSSR count). The van der Waals surface area contributed by atoms with Crippen LogP contribution in [0.2, 0.25) is 0 Å². The lowest BCUT2D eigenvalue weighted by Gasteiger charge is -2.22. The van der Waals surface area contributed by atoms with Crippen LogP contribution in [0, 0.1) is 5.82 Å². The van der Waals surface area contributed by atoms with Gasteiger partial charge in [-0.15, -0.1) is 0 Å². The van der Waals surface area contributed by atoms with Crippen LogP contribution in [0.25, 0.3) is 0 Å². The second-order valence-corrected chi connectivity index (χ2v) is 5.12. The minimum Gasteiger partial charge on any atom is -0.399 e. The summed E-state index contributed by atoms with van der Waals surface area (Å²) in [5, 5.41) is 0. The summed E-state index contributed by atoms with van der Waals surface area (Å²) in [5.41, 5.74) is 7.20. The number of hydrogen-bond donors (Lipinski definition) is 1. The molecule has 0 aliphatic heterocycles. The average Bonchev–Trinajstić information content (AvgIpc) is 2.42. The van der Waals surface area contributed by atoms with Crippen molar-refractivity contribution in [3.8, 4) is 0 Å². The van der Waals surface area contributed by atoms with E-state index in [4.69, 9.17) is 5.73 Å². The fourth-order valence-corrected chi connectivity index (χ4v) is 2.36. The van der Waals surface area contributed by atoms with E-state index in [-0.39, 0.29) is 11.7 Å². The van der Waals surface area contributed by atoms with Gasteiger partial charge < -0.3 is 10.6 Å². The van der Waals surface area contributed by atoms with Crippen LogP contribution in [0.1, 0.15) is 17.3 Å². The third kappa shape index (κ3) is 2.99. The average molecular weight is 337 g/mol. The number of hydrogen-bond acceptors (Lipinski definition) is 2. The van der Waals surface area contributed by atoms with Crippen LogP contribution in [0.4, 0.5) is 15.8 Å². The second-order valence-electron chi connectivity index (χ2n) is 4.27. The Morgan fingerprint density at radius 2 is 2.05 bits per heavy atom. The number of carbonyl (C=O) groups excluding carboxylic acids is 1. The van der Waals surface area contributed by atoms with Crippen LogP contribution >= 0.6 is 15.9 Å². The maximum absolute atomic E-state index is 13.3. The number of benzene rings is 2. The fraction of sp³-hybridized carbons (Fsp3) is 0.133. The van der Waals surface area contributed by atoms with Crippen LogP contribution in [-0.4, -0.2) is 12.5 Å². The van der Waals surface area contributed by atoms with Crippen molar-refractivity contribution in [3.05, 3.63) is 58.3 Å². The molecule has 3 nitrogen and oxygen atoms in total. The Labute approximate surface area is 125 Å². The van der Waals surface area contributed by atoms with Gasteiger partial charge in [-0.25, -0.2) is 4.39 Å². The SMILES string of the molecule is CCN(C(=O)c1cc(N)ccc1Br)c1cccc(F)c1. The van der Waals surface area contributed by atoms with Gasteiger partial charge in [0.2, 0.25) is 0 Å². The van der Waals surface area contributed by atoms with E-state index in [0.29, 0.717) is 28.0 Å². The van der Waals surface area contributed by atoms with Crippen molar-refractivity contribution in [2.24, 2.45) is 0 Å². The number of nitrogens with zero attached hydrogens (tertiary/aromatic N) is 1. The molecule has 0 bridgehead atoms. The van der Waals surface area contributed by atoms with Crippen molar-refractivity contribution in [1.82, 2.24) is 0 Å². The fourth-order valence-electron chi connectivity index (χ4n) is 1.94. The molecular formula is C15H14BrFN2O. The first-order chi connectivity index (χ1) is 9.52. The van der Waals surface area contributed by atoms with Gasteiger partial charge in [-0.05, 0) is 59.3 Å². The van der Waals surface area contributed by atoms with Gasteiger partial charge in [-0.2, -0.15) is 0 Å². The second kappa shape index (κ2) is 6.05. The van der Waals surface area contributed by atoms with Gasteiger partial charge in [-0.3, -0.25) is 4.79 Å². The number of halogens is 2. The molecule has 20 heavy (non-hydrogen) atoms. The Hall–Kier alpha value is -1.88. The van der Waals surface area contributed by atoms with Crippen molar-refractivity contribution >= 4 is 33.2 Å². The molecule has 0 aliphatic rings. The summed E-state index contributed by atoms with van der Waals surface area (Å²) < 4.78 is 14.0. The quantitative estimate of drug-likeness (QED) is 0.865. The van der Waals surface area contributed by atoms with Crippen molar-refractivity contribution in [2.45, 2.75) is 6.92 Å². The molecule has 2 N–H and O–H groups in total. The highest BCUT2D eigenvalue weighted by molar-refractivity contribution is 9.10. The number of rotatable bonds is 3. The number of nitrogen functional groups attached to an aromatic ring is 1. The highest BCUT2D eigenvalue weighted by atomic mass is 79.9. The first-order valence-corrected chi connectivity index (χ1v) is 6.94. The van der Waals surface area contributed by atoms with E-state index < -0.39 is 0 Å². The van der Waals surface area contributed by atoms with Crippen LogP contribution < -0.4 is 10.6 Å². The normalized spacial score (nSPS) is 10.3. The van der Waals surface area contributed by atoms with Crippen molar-refractivity contribution in [1.29, 1.82) is 0 Å². The molecule has 0 fully saturated rings. The zero-order valence-electron chi connectivity index (χ0n) is 10.9. The number of nitrogens with two attached hydrogens (primary N) is 1. The Morgan fingerprint density at radius 3 is 2.70 bits per heavy atom. The highest BCUT2D eigenvalue weighted by Gasteiger charge is 2.19. The first-order valence-electron chi connectivity index (χ1n) is 6.15. The number of carbonyl (C=O) groups is 1. The molecule has 0 spiro atoms. The molecule has 0 aromatic heterocycles. The molecule has 5 heteroatoms. The van der Waals surface area contributed by atoms with E-state index in [1.807, 2.05) is 6.92 Å². The van der Waals surface area contributed by atoms with Gasteiger partial charge in [-0.1, -0.05) is 6.07 Å². The zero-order chi connectivity index (χ0) is 14.7. The minimum atomic E-state index is -0.375. The van der Waals surface area contributed by atoms with Crippen LogP contribution in [0.15, 0.2) is 46.9 Å². The third-order valence-electron chi connectivity index (χ3n) is 2.90. The Morgan fingerprint density at radius 1 is 1.30 bits per heavy atom. The molecule has 1 amide bonds. The predicted octanol–water partition coefficient (Wildman–Crippen LogP) is 3.84. The molecule has 0 saturated carbocycles. The van der Waals surface area contributed by atoms with E-state index >= 15 is 0 Å². The molecule has 2 aromatic carbocycles. The Balaban J connectivity index is 2.41. The van der Waals surface area contributed by atoms with Gasteiger partial charge >= 0.3 is 0 Å². The summed E-state index contributed by atoms with van der Waals surface area (Å²) in [5.74, 6) is -0.599. The molecule has 0 radical (unpaired) electrons. The lowest BCUT2D eigenvalue weighted by molar-refractivity contribution is 0.0987. The van der Waals surface area contributed by atoms with Crippen LogP contribution in [0.3, 0.4) is 0 Å². The van der Waals surface area contributed by atoms with Gasteiger partial charge in [0, 0.05) is 22.4 Å². The smallest absolute Gasteiger partial charge is 0.259 e. The summed E-state index contributed by atoms with van der Waals surface area (Å²) in [6, 6.07) is 11.0. The van der Waals surface area contributed by atoms with Gasteiger partial charge in [0.05, 0.1) is 5.56 Å². The summed E-state index contributed by atoms with van der Waals surface area (Å²) in [6.45, 7) is 2.27. The van der Waals surface area contributed by atoms with E-state index in [2.05, 4.69) is 15.9 Å². The number of anilines is 2. The molecule has 0 atom stereocenters. The molecule has 2 aromatic rings. The van der Waals surface area contributed by atoms with E-state index in [0.717, 1.165) is 0 Å². The number of amides is 1. The topological polar surface area (TPSA) is 46.3 Å². The Bertz CT molecular complexity index is 646. The molecule has 104 valence electrons. The molecule has 0 unspecified atom stereocenters. The van der Waals surface area contributed by atoms with Crippen molar-refractivity contribution < 1.29 is 9.18 Å². The standard InChI is InChI=1S/C15H14BrFN2O/c1-2-19(12-5-3-4-10(17)8-12)15(20)13-9-11(18)6-7-14(13)16/h3-9H,2,18H2,1H3. The van der Waals surface area contributed by atoms with Crippen molar-refractivity contribution in [3.63, 3.8) is 0 Å². The lowest BCUT2D eigenvalue weighted by atomic mass is 10.1. The van der Waals surface area contributed by atoms with Gasteiger partial charge in [0.1, 0.15) is 5.82 Å². The van der Waals surface area contributed by atoms with Crippen LogP contribution in [0.5, 0.6) is 0 Å². The molecular weight excluding hydrogens is 323 g/mol. The van der Waals surface area contributed by atoms with Crippen molar-refractivity contribution in [2.75, 3.05) is 17.2 Å². The highest BCUT2D eigenvalue weighted by Crippen LogP contribution is 2.24. The Kier molecular flexibility index (Phi) is 4.39. The van der Waals surface area contributed by atoms with E-state index in [9.17, 15) is 9.18 Å².